The molecule has 2 aliphatic rings. The largest absolute Gasteiger partial charge is 0.338 e. The summed E-state index contributed by atoms with van der Waals surface area (Å²) in [5.74, 6) is 0.927. The van der Waals surface area contributed by atoms with E-state index in [0.717, 1.165) is 32.0 Å². The van der Waals surface area contributed by atoms with Crippen molar-refractivity contribution >= 4 is 6.03 Å². The zero-order chi connectivity index (χ0) is 12.6. The molecule has 0 radical (unpaired) electrons. The van der Waals surface area contributed by atoms with Crippen LogP contribution in [-0.2, 0) is 0 Å². The second-order valence-corrected chi connectivity index (χ2v) is 5.93. The third-order valence-electron chi connectivity index (χ3n) is 4.43. The van der Waals surface area contributed by atoms with Crippen molar-refractivity contribution in [2.75, 3.05) is 19.6 Å². The molecule has 1 aliphatic heterocycles. The van der Waals surface area contributed by atoms with E-state index in [-0.39, 0.29) is 6.03 Å². The fourth-order valence-corrected chi connectivity index (χ4v) is 3.27. The number of rotatable bonds is 4. The number of hydrogen-bond donors (Lipinski definition) is 1. The van der Waals surface area contributed by atoms with Gasteiger partial charge in [-0.3, -0.25) is 0 Å². The highest BCUT2D eigenvalue weighted by Gasteiger charge is 2.17. The molecule has 2 rings (SSSR count). The Bertz CT molecular complexity index is 241. The maximum absolute atomic E-state index is 11.8. The van der Waals surface area contributed by atoms with Crippen molar-refractivity contribution in [2.45, 2.75) is 64.2 Å². The van der Waals surface area contributed by atoms with Gasteiger partial charge in [0.1, 0.15) is 0 Å². The van der Waals surface area contributed by atoms with Gasteiger partial charge in [0, 0.05) is 19.6 Å². The van der Waals surface area contributed by atoms with Crippen molar-refractivity contribution in [3.8, 4) is 0 Å². The summed E-state index contributed by atoms with van der Waals surface area (Å²) in [6, 6.07) is 0.161. The first-order chi connectivity index (χ1) is 8.86. The monoisotopic (exact) mass is 252 g/mol. The highest BCUT2D eigenvalue weighted by atomic mass is 16.2. The molecule has 0 aromatic carbocycles. The van der Waals surface area contributed by atoms with Gasteiger partial charge in [-0.1, -0.05) is 38.5 Å². The molecule has 1 heterocycles. The summed E-state index contributed by atoms with van der Waals surface area (Å²) in [5, 5.41) is 3.07. The number of urea groups is 1. The summed E-state index contributed by atoms with van der Waals surface area (Å²) < 4.78 is 0. The van der Waals surface area contributed by atoms with E-state index in [1.807, 2.05) is 4.90 Å². The van der Waals surface area contributed by atoms with Crippen molar-refractivity contribution < 1.29 is 4.79 Å². The summed E-state index contributed by atoms with van der Waals surface area (Å²) in [6.07, 6.45) is 13.4. The third-order valence-corrected chi connectivity index (χ3v) is 4.43. The summed E-state index contributed by atoms with van der Waals surface area (Å²) >= 11 is 0. The van der Waals surface area contributed by atoms with Crippen molar-refractivity contribution in [1.82, 2.24) is 10.2 Å². The van der Waals surface area contributed by atoms with Gasteiger partial charge in [-0.25, -0.2) is 4.79 Å². The summed E-state index contributed by atoms with van der Waals surface area (Å²) in [6.45, 7) is 2.77. The molecule has 0 atom stereocenters. The average Bonchev–Trinajstić information content (AvgIpc) is 2.80. The van der Waals surface area contributed by atoms with Crippen LogP contribution in [0, 0.1) is 5.92 Å². The van der Waals surface area contributed by atoms with Crippen molar-refractivity contribution in [3.05, 3.63) is 0 Å². The van der Waals surface area contributed by atoms with Crippen LogP contribution < -0.4 is 5.32 Å². The molecule has 18 heavy (non-hydrogen) atoms. The van der Waals surface area contributed by atoms with E-state index in [2.05, 4.69) is 5.32 Å². The molecule has 1 N–H and O–H groups in total. The molecule has 3 heteroatoms. The van der Waals surface area contributed by atoms with E-state index in [0.29, 0.717) is 0 Å². The van der Waals surface area contributed by atoms with Gasteiger partial charge in [-0.2, -0.15) is 0 Å². The highest BCUT2D eigenvalue weighted by Crippen LogP contribution is 2.26. The molecule has 1 aliphatic carbocycles. The van der Waals surface area contributed by atoms with Crippen LogP contribution >= 0.6 is 0 Å². The first-order valence-corrected chi connectivity index (χ1v) is 7.89. The Morgan fingerprint density at radius 2 is 1.67 bits per heavy atom. The quantitative estimate of drug-likeness (QED) is 0.602. The van der Waals surface area contributed by atoms with Gasteiger partial charge in [0.05, 0.1) is 0 Å². The molecule has 1 saturated carbocycles. The summed E-state index contributed by atoms with van der Waals surface area (Å²) in [5.41, 5.74) is 0. The predicted octanol–water partition coefficient (Wildman–Crippen LogP) is 3.54. The van der Waals surface area contributed by atoms with Crippen molar-refractivity contribution in [1.29, 1.82) is 0 Å². The average molecular weight is 252 g/mol. The summed E-state index contributed by atoms with van der Waals surface area (Å²) in [4.78, 5) is 13.7. The van der Waals surface area contributed by atoms with Crippen LogP contribution in [0.15, 0.2) is 0 Å². The first-order valence-electron chi connectivity index (χ1n) is 7.89. The molecular formula is C15H28N2O. The summed E-state index contributed by atoms with van der Waals surface area (Å²) in [7, 11) is 0. The Labute approximate surface area is 111 Å². The van der Waals surface area contributed by atoms with E-state index < -0.39 is 0 Å². The van der Waals surface area contributed by atoms with Crippen LogP contribution in [0.1, 0.15) is 64.2 Å². The fraction of sp³-hybridized carbons (Fsp3) is 0.933. The Morgan fingerprint density at radius 1 is 1.00 bits per heavy atom. The third kappa shape index (κ3) is 4.51. The molecule has 0 bridgehead atoms. The molecule has 2 amide bonds. The molecular weight excluding hydrogens is 224 g/mol. The fourth-order valence-electron chi connectivity index (χ4n) is 3.27. The molecule has 3 nitrogen and oxygen atoms in total. The number of hydrogen-bond acceptors (Lipinski definition) is 1. The molecule has 0 aromatic rings. The van der Waals surface area contributed by atoms with Gasteiger partial charge in [0.2, 0.25) is 0 Å². The normalized spacial score (nSPS) is 21.9. The second-order valence-electron chi connectivity index (χ2n) is 5.93. The first kappa shape index (κ1) is 13.7. The van der Waals surface area contributed by atoms with Crippen LogP contribution in [-0.4, -0.2) is 30.6 Å². The van der Waals surface area contributed by atoms with Crippen LogP contribution in [0.4, 0.5) is 4.79 Å². The molecule has 2 fully saturated rings. The standard InChI is InChI=1S/C15H28N2O/c18-15(17-12-5-6-13-17)16-11-7-10-14-8-3-1-2-4-9-14/h14H,1-13H2,(H,16,18). The minimum absolute atomic E-state index is 0.161. The van der Waals surface area contributed by atoms with Crippen LogP contribution in [0.3, 0.4) is 0 Å². The van der Waals surface area contributed by atoms with Gasteiger partial charge >= 0.3 is 6.03 Å². The van der Waals surface area contributed by atoms with Crippen LogP contribution in [0.25, 0.3) is 0 Å². The molecule has 0 unspecified atom stereocenters. The van der Waals surface area contributed by atoms with E-state index in [1.165, 1.54) is 57.8 Å². The van der Waals surface area contributed by atoms with E-state index in [4.69, 9.17) is 0 Å². The minimum atomic E-state index is 0.161. The maximum atomic E-state index is 11.8. The van der Waals surface area contributed by atoms with Gasteiger partial charge in [-0.05, 0) is 31.6 Å². The zero-order valence-electron chi connectivity index (χ0n) is 11.6. The predicted molar refractivity (Wildman–Crippen MR) is 74.6 cm³/mol. The Balaban J connectivity index is 1.53. The second kappa shape index (κ2) is 7.65. The van der Waals surface area contributed by atoms with E-state index in [1.54, 1.807) is 0 Å². The maximum Gasteiger partial charge on any atom is 0.317 e. The Kier molecular flexibility index (Phi) is 5.82. The van der Waals surface area contributed by atoms with Gasteiger partial charge in [0.15, 0.2) is 0 Å². The van der Waals surface area contributed by atoms with Crippen molar-refractivity contribution in [2.24, 2.45) is 5.92 Å². The van der Waals surface area contributed by atoms with E-state index >= 15 is 0 Å². The SMILES string of the molecule is O=C(NCCCC1CCCCCC1)N1CCCC1. The molecule has 104 valence electrons. The van der Waals surface area contributed by atoms with Gasteiger partial charge < -0.3 is 10.2 Å². The van der Waals surface area contributed by atoms with E-state index in [9.17, 15) is 4.79 Å². The number of amides is 2. The Hall–Kier alpha value is -0.730. The van der Waals surface area contributed by atoms with Crippen molar-refractivity contribution in [3.63, 3.8) is 0 Å². The lowest BCUT2D eigenvalue weighted by Crippen LogP contribution is -2.38. The number of carbonyl (C=O) groups excluding carboxylic acids is 1. The molecule has 1 saturated heterocycles. The number of likely N-dealkylation sites (tertiary alicyclic amines) is 1. The topological polar surface area (TPSA) is 32.3 Å². The van der Waals surface area contributed by atoms with Gasteiger partial charge in [-0.15, -0.1) is 0 Å². The van der Waals surface area contributed by atoms with Crippen LogP contribution in [0.5, 0.6) is 0 Å². The Morgan fingerprint density at radius 3 is 2.33 bits per heavy atom. The lowest BCUT2D eigenvalue weighted by molar-refractivity contribution is 0.208. The zero-order valence-corrected chi connectivity index (χ0v) is 11.6. The number of nitrogens with zero attached hydrogens (tertiary/aromatic N) is 1. The molecule has 0 spiro atoms. The smallest absolute Gasteiger partial charge is 0.317 e. The molecule has 0 aromatic heterocycles. The minimum Gasteiger partial charge on any atom is -0.338 e. The number of nitrogens with one attached hydrogen (secondary N) is 1. The van der Waals surface area contributed by atoms with Crippen LogP contribution in [0.2, 0.25) is 0 Å². The lowest BCUT2D eigenvalue weighted by Gasteiger charge is -2.17. The number of carbonyl (C=O) groups is 1. The highest BCUT2D eigenvalue weighted by molar-refractivity contribution is 5.74. The lowest BCUT2D eigenvalue weighted by atomic mass is 9.95. The van der Waals surface area contributed by atoms with Gasteiger partial charge in [0.25, 0.3) is 0 Å².